The maximum Gasteiger partial charge on any atom is 0.284 e. The standard InChI is InChI=1S/C17H12Cl2N2O2/c18-9-3-4-10(12(19)7-9)13-6-5-11-14(8-1-2-8)15(16(20)22)23-17(11)21-13/h3-8H,1-2H2,(H2,20,22). The van der Waals surface area contributed by atoms with Crippen molar-refractivity contribution in [3.8, 4) is 11.3 Å². The topological polar surface area (TPSA) is 69.1 Å². The second-order valence-corrected chi connectivity index (χ2v) is 6.50. The summed E-state index contributed by atoms with van der Waals surface area (Å²) >= 11 is 12.2. The van der Waals surface area contributed by atoms with Gasteiger partial charge < -0.3 is 10.2 Å². The van der Waals surface area contributed by atoms with Crippen LogP contribution >= 0.6 is 23.2 Å². The average Bonchev–Trinajstić information content (AvgIpc) is 3.26. The van der Waals surface area contributed by atoms with Crippen LogP contribution in [0.4, 0.5) is 0 Å². The maximum atomic E-state index is 11.6. The van der Waals surface area contributed by atoms with Gasteiger partial charge in [-0.25, -0.2) is 4.98 Å². The molecule has 116 valence electrons. The molecule has 4 rings (SSSR count). The van der Waals surface area contributed by atoms with E-state index >= 15 is 0 Å². The first-order valence-corrected chi connectivity index (χ1v) is 7.99. The van der Waals surface area contributed by atoms with Crippen molar-refractivity contribution in [1.82, 2.24) is 4.98 Å². The molecule has 0 saturated heterocycles. The summed E-state index contributed by atoms with van der Waals surface area (Å²) in [6.07, 6.45) is 2.08. The molecule has 1 aliphatic rings. The lowest BCUT2D eigenvalue weighted by Gasteiger charge is -2.04. The second kappa shape index (κ2) is 5.25. The molecule has 2 aromatic heterocycles. The number of fused-ring (bicyclic) bond motifs is 1. The Bertz CT molecular complexity index is 945. The van der Waals surface area contributed by atoms with Crippen molar-refractivity contribution in [2.45, 2.75) is 18.8 Å². The van der Waals surface area contributed by atoms with Crippen molar-refractivity contribution >= 4 is 40.2 Å². The molecule has 1 fully saturated rings. The first-order chi connectivity index (χ1) is 11.0. The van der Waals surface area contributed by atoms with Gasteiger partial charge in [0.25, 0.3) is 5.91 Å². The Morgan fingerprint density at radius 1 is 1.22 bits per heavy atom. The van der Waals surface area contributed by atoms with E-state index in [2.05, 4.69) is 4.98 Å². The van der Waals surface area contributed by atoms with Gasteiger partial charge in [0, 0.05) is 21.5 Å². The van der Waals surface area contributed by atoms with E-state index in [4.69, 9.17) is 33.4 Å². The van der Waals surface area contributed by atoms with Crippen LogP contribution < -0.4 is 5.73 Å². The van der Waals surface area contributed by atoms with Crippen molar-refractivity contribution in [2.75, 3.05) is 0 Å². The van der Waals surface area contributed by atoms with E-state index in [1.54, 1.807) is 18.2 Å². The number of hydrogen-bond donors (Lipinski definition) is 1. The summed E-state index contributed by atoms with van der Waals surface area (Å²) in [6.45, 7) is 0. The van der Waals surface area contributed by atoms with Crippen molar-refractivity contribution in [3.05, 3.63) is 51.7 Å². The number of rotatable bonds is 3. The van der Waals surface area contributed by atoms with Crippen molar-refractivity contribution in [2.24, 2.45) is 5.73 Å². The summed E-state index contributed by atoms with van der Waals surface area (Å²) in [4.78, 5) is 16.1. The zero-order valence-corrected chi connectivity index (χ0v) is 13.5. The fourth-order valence-corrected chi connectivity index (χ4v) is 3.31. The zero-order chi connectivity index (χ0) is 16.1. The lowest BCUT2D eigenvalue weighted by molar-refractivity contribution is 0.0974. The van der Waals surface area contributed by atoms with E-state index in [1.165, 1.54) is 0 Å². The minimum atomic E-state index is -0.559. The molecule has 0 radical (unpaired) electrons. The van der Waals surface area contributed by atoms with Crippen LogP contribution in [0.15, 0.2) is 34.7 Å². The number of carbonyl (C=O) groups excluding carboxylic acids is 1. The lowest BCUT2D eigenvalue weighted by atomic mass is 10.1. The minimum absolute atomic E-state index is 0.217. The van der Waals surface area contributed by atoms with Crippen LogP contribution in [0.25, 0.3) is 22.4 Å². The van der Waals surface area contributed by atoms with E-state index in [0.29, 0.717) is 27.4 Å². The summed E-state index contributed by atoms with van der Waals surface area (Å²) in [5, 5.41) is 1.91. The normalized spacial score (nSPS) is 14.3. The summed E-state index contributed by atoms with van der Waals surface area (Å²) in [5.74, 6) is -0.00384. The van der Waals surface area contributed by atoms with Crippen LogP contribution in [0.2, 0.25) is 10.0 Å². The Morgan fingerprint density at radius 2 is 2.00 bits per heavy atom. The minimum Gasteiger partial charge on any atom is -0.432 e. The van der Waals surface area contributed by atoms with Gasteiger partial charge in [0.15, 0.2) is 5.76 Å². The number of halogens is 2. The van der Waals surface area contributed by atoms with Gasteiger partial charge in [0.2, 0.25) is 5.71 Å². The molecule has 1 aliphatic carbocycles. The molecule has 2 heterocycles. The molecule has 2 N–H and O–H groups in total. The summed E-state index contributed by atoms with van der Waals surface area (Å²) in [6, 6.07) is 8.99. The van der Waals surface area contributed by atoms with Gasteiger partial charge in [-0.05, 0) is 49.1 Å². The molecule has 1 aromatic carbocycles. The van der Waals surface area contributed by atoms with E-state index in [0.717, 1.165) is 29.4 Å². The lowest BCUT2D eigenvalue weighted by Crippen LogP contribution is -2.11. The predicted molar refractivity (Wildman–Crippen MR) is 90.0 cm³/mol. The molecule has 23 heavy (non-hydrogen) atoms. The molecule has 0 bridgehead atoms. The van der Waals surface area contributed by atoms with Crippen molar-refractivity contribution in [3.63, 3.8) is 0 Å². The van der Waals surface area contributed by atoms with E-state index in [-0.39, 0.29) is 5.76 Å². The van der Waals surface area contributed by atoms with Crippen molar-refractivity contribution in [1.29, 1.82) is 0 Å². The molecule has 1 saturated carbocycles. The van der Waals surface area contributed by atoms with Gasteiger partial charge in [0.1, 0.15) is 0 Å². The van der Waals surface area contributed by atoms with Crippen molar-refractivity contribution < 1.29 is 9.21 Å². The summed E-state index contributed by atoms with van der Waals surface area (Å²) in [5.41, 5.74) is 8.14. The molecule has 0 aliphatic heterocycles. The number of nitrogens with two attached hydrogens (primary N) is 1. The molecule has 1 amide bonds. The number of amides is 1. The summed E-state index contributed by atoms with van der Waals surface area (Å²) in [7, 11) is 0. The van der Waals surface area contributed by atoms with E-state index in [1.807, 2.05) is 12.1 Å². The number of aromatic nitrogens is 1. The first kappa shape index (κ1) is 14.5. The second-order valence-electron chi connectivity index (χ2n) is 5.66. The Labute approximate surface area is 142 Å². The summed E-state index contributed by atoms with van der Waals surface area (Å²) < 4.78 is 5.63. The highest BCUT2D eigenvalue weighted by atomic mass is 35.5. The van der Waals surface area contributed by atoms with Crippen LogP contribution in [-0.4, -0.2) is 10.9 Å². The third-order valence-electron chi connectivity index (χ3n) is 4.01. The third kappa shape index (κ3) is 2.48. The Morgan fingerprint density at radius 3 is 2.65 bits per heavy atom. The molecule has 0 spiro atoms. The van der Waals surface area contributed by atoms with Gasteiger partial charge in [-0.1, -0.05) is 23.2 Å². The Balaban J connectivity index is 1.90. The molecular weight excluding hydrogens is 335 g/mol. The Hall–Kier alpha value is -2.04. The molecule has 0 unspecified atom stereocenters. The van der Waals surface area contributed by atoms with Crippen LogP contribution in [-0.2, 0) is 0 Å². The first-order valence-electron chi connectivity index (χ1n) is 7.23. The maximum absolute atomic E-state index is 11.6. The van der Waals surface area contributed by atoms with Gasteiger partial charge in [-0.15, -0.1) is 0 Å². The highest BCUT2D eigenvalue weighted by Gasteiger charge is 2.33. The van der Waals surface area contributed by atoms with Gasteiger partial charge >= 0.3 is 0 Å². The number of pyridine rings is 1. The number of primary amides is 1. The van der Waals surface area contributed by atoms with Crippen LogP contribution in [0.1, 0.15) is 34.9 Å². The molecule has 4 nitrogen and oxygen atoms in total. The fourth-order valence-electron chi connectivity index (χ4n) is 2.80. The smallest absolute Gasteiger partial charge is 0.284 e. The number of hydrogen-bond acceptors (Lipinski definition) is 3. The van der Waals surface area contributed by atoms with Gasteiger partial charge in [-0.2, -0.15) is 0 Å². The van der Waals surface area contributed by atoms with Gasteiger partial charge in [-0.3, -0.25) is 4.79 Å². The average molecular weight is 347 g/mol. The molecule has 3 aromatic rings. The SMILES string of the molecule is NC(=O)c1oc2nc(-c3ccc(Cl)cc3Cl)ccc2c1C1CC1. The van der Waals surface area contributed by atoms with Crippen LogP contribution in [0.5, 0.6) is 0 Å². The number of benzene rings is 1. The molecule has 0 atom stereocenters. The Kier molecular flexibility index (Phi) is 3.32. The monoisotopic (exact) mass is 346 g/mol. The third-order valence-corrected chi connectivity index (χ3v) is 4.56. The number of carbonyl (C=O) groups is 1. The highest BCUT2D eigenvalue weighted by Crippen LogP contribution is 2.46. The predicted octanol–water partition coefficient (Wildman–Crippen LogP) is 4.78. The number of nitrogens with zero attached hydrogens (tertiary/aromatic N) is 1. The van der Waals surface area contributed by atoms with Crippen LogP contribution in [0.3, 0.4) is 0 Å². The van der Waals surface area contributed by atoms with E-state index < -0.39 is 5.91 Å². The zero-order valence-electron chi connectivity index (χ0n) is 12.0. The number of furan rings is 1. The molecular formula is C17H12Cl2N2O2. The van der Waals surface area contributed by atoms with E-state index in [9.17, 15) is 4.79 Å². The van der Waals surface area contributed by atoms with Crippen LogP contribution in [0, 0.1) is 0 Å². The quantitative estimate of drug-likeness (QED) is 0.741. The highest BCUT2D eigenvalue weighted by molar-refractivity contribution is 6.36. The fraction of sp³-hybridized carbons (Fsp3) is 0.176. The van der Waals surface area contributed by atoms with Gasteiger partial charge in [0.05, 0.1) is 10.7 Å². The molecule has 6 heteroatoms. The largest absolute Gasteiger partial charge is 0.432 e.